The molecule has 2 aromatic carbocycles. The van der Waals surface area contributed by atoms with E-state index in [1.54, 1.807) is 17.9 Å². The Bertz CT molecular complexity index is 1190. The molecule has 0 bridgehead atoms. The number of hydrogen-bond acceptors (Lipinski definition) is 7. The number of nitrogens with zero attached hydrogens (tertiary/aromatic N) is 1. The Morgan fingerprint density at radius 3 is 2.54 bits per heavy atom. The third-order valence-electron chi connectivity index (χ3n) is 6.83. The lowest BCUT2D eigenvalue weighted by Gasteiger charge is -2.34. The van der Waals surface area contributed by atoms with Crippen LogP contribution in [0.25, 0.3) is 0 Å². The van der Waals surface area contributed by atoms with Gasteiger partial charge in [0.2, 0.25) is 0 Å². The summed E-state index contributed by atoms with van der Waals surface area (Å²) in [6.45, 7) is 6.96. The molecule has 9 nitrogen and oxygen atoms in total. The van der Waals surface area contributed by atoms with E-state index < -0.39 is 27.8 Å². The van der Waals surface area contributed by atoms with Crippen molar-refractivity contribution in [2.75, 3.05) is 38.1 Å². The summed E-state index contributed by atoms with van der Waals surface area (Å²) in [4.78, 5) is 15.5. The Morgan fingerprint density at radius 1 is 1.15 bits per heavy atom. The average molecular weight is 566 g/mol. The van der Waals surface area contributed by atoms with Gasteiger partial charge in [-0.3, -0.25) is 9.52 Å². The summed E-state index contributed by atoms with van der Waals surface area (Å²) in [5.41, 5.74) is 0.335. The first-order chi connectivity index (χ1) is 18.6. The average Bonchev–Trinajstić information content (AvgIpc) is 2.90. The molecule has 1 aliphatic rings. The van der Waals surface area contributed by atoms with Crippen LogP contribution in [0.15, 0.2) is 47.4 Å². The molecule has 4 atom stereocenters. The van der Waals surface area contributed by atoms with Gasteiger partial charge >= 0.3 is 0 Å². The van der Waals surface area contributed by atoms with Crippen molar-refractivity contribution in [2.45, 2.75) is 63.2 Å². The number of carbonyl (C=O) groups excluding carboxylic acids is 1. The van der Waals surface area contributed by atoms with E-state index in [2.05, 4.69) is 10.0 Å². The number of aliphatic hydroxyl groups excluding tert-OH is 1. The van der Waals surface area contributed by atoms with Crippen molar-refractivity contribution >= 4 is 21.6 Å². The van der Waals surface area contributed by atoms with Gasteiger partial charge in [-0.1, -0.05) is 6.92 Å². The number of fused-ring (bicyclic) bond motifs is 1. The Kier molecular flexibility index (Phi) is 11.1. The predicted molar refractivity (Wildman–Crippen MR) is 148 cm³/mol. The zero-order chi connectivity index (χ0) is 28.6. The number of carbonyl (C=O) groups is 1. The maximum Gasteiger partial charge on any atom is 0.261 e. The van der Waals surface area contributed by atoms with Crippen molar-refractivity contribution in [3.63, 3.8) is 0 Å². The summed E-state index contributed by atoms with van der Waals surface area (Å²) < 4.78 is 54.0. The second-order valence-electron chi connectivity index (χ2n) is 10.1. The van der Waals surface area contributed by atoms with Crippen LogP contribution in [-0.4, -0.2) is 75.9 Å². The quantitative estimate of drug-likeness (QED) is 0.469. The molecular formula is C28H40FN3O6S. The van der Waals surface area contributed by atoms with Gasteiger partial charge in [-0.05, 0) is 82.6 Å². The Balaban J connectivity index is 2.02. The van der Waals surface area contributed by atoms with Crippen LogP contribution in [0, 0.1) is 11.7 Å². The maximum absolute atomic E-state index is 14.0. The lowest BCUT2D eigenvalue weighted by atomic mass is 10.0. The number of nitrogens with one attached hydrogen (secondary N) is 2. The number of anilines is 1. The smallest absolute Gasteiger partial charge is 0.261 e. The van der Waals surface area contributed by atoms with Crippen molar-refractivity contribution in [1.82, 2.24) is 10.2 Å². The molecule has 1 heterocycles. The van der Waals surface area contributed by atoms with E-state index in [0.717, 1.165) is 31.4 Å². The van der Waals surface area contributed by atoms with E-state index >= 15 is 0 Å². The Morgan fingerprint density at radius 2 is 1.87 bits per heavy atom. The lowest BCUT2D eigenvalue weighted by Crippen LogP contribution is -2.47. The molecule has 0 aromatic heterocycles. The molecule has 0 saturated heterocycles. The highest BCUT2D eigenvalue weighted by Gasteiger charge is 2.30. The monoisotopic (exact) mass is 565 g/mol. The molecule has 0 unspecified atom stereocenters. The van der Waals surface area contributed by atoms with Crippen molar-refractivity contribution in [1.29, 1.82) is 0 Å². The van der Waals surface area contributed by atoms with Gasteiger partial charge in [0.15, 0.2) is 0 Å². The summed E-state index contributed by atoms with van der Waals surface area (Å²) >= 11 is 0. The highest BCUT2D eigenvalue weighted by Crippen LogP contribution is 2.29. The van der Waals surface area contributed by atoms with E-state index in [1.165, 1.54) is 24.3 Å². The molecule has 3 rings (SSSR count). The number of sulfonamides is 1. The van der Waals surface area contributed by atoms with E-state index in [0.29, 0.717) is 25.4 Å². The fourth-order valence-corrected chi connectivity index (χ4v) is 5.55. The fraction of sp³-hybridized carbons (Fsp3) is 0.536. The van der Waals surface area contributed by atoms with Crippen LogP contribution in [-0.2, 0) is 14.8 Å². The predicted octanol–water partition coefficient (Wildman–Crippen LogP) is 3.64. The van der Waals surface area contributed by atoms with E-state index in [4.69, 9.17) is 9.47 Å². The number of ether oxygens (including phenoxy) is 2. The number of rotatable bonds is 7. The summed E-state index contributed by atoms with van der Waals surface area (Å²) in [5, 5.41) is 13.1. The zero-order valence-corrected chi connectivity index (χ0v) is 23.8. The number of amides is 1. The zero-order valence-electron chi connectivity index (χ0n) is 23.0. The van der Waals surface area contributed by atoms with Crippen LogP contribution in [0.4, 0.5) is 10.1 Å². The molecule has 1 aliphatic heterocycles. The van der Waals surface area contributed by atoms with Crippen molar-refractivity contribution < 1.29 is 32.2 Å². The number of halogens is 1. The minimum absolute atomic E-state index is 0.0539. The summed E-state index contributed by atoms with van der Waals surface area (Å²) in [7, 11) is -2.18. The van der Waals surface area contributed by atoms with Gasteiger partial charge in [0.1, 0.15) is 11.6 Å². The van der Waals surface area contributed by atoms with Gasteiger partial charge in [0, 0.05) is 31.3 Å². The van der Waals surface area contributed by atoms with Crippen LogP contribution in [0.2, 0.25) is 0 Å². The highest BCUT2D eigenvalue weighted by molar-refractivity contribution is 7.92. The molecule has 3 N–H and O–H groups in total. The maximum atomic E-state index is 14.0. The minimum atomic E-state index is -4.04. The molecule has 11 heteroatoms. The molecular weight excluding hydrogens is 525 g/mol. The molecule has 0 radical (unpaired) electrons. The molecule has 0 spiro atoms. The van der Waals surface area contributed by atoms with E-state index in [1.807, 2.05) is 20.9 Å². The van der Waals surface area contributed by atoms with Gasteiger partial charge in [-0.15, -0.1) is 0 Å². The Labute approximate surface area is 230 Å². The minimum Gasteiger partial charge on any atom is -0.490 e. The number of benzene rings is 2. The molecule has 1 amide bonds. The molecule has 2 aromatic rings. The fourth-order valence-electron chi connectivity index (χ4n) is 4.51. The van der Waals surface area contributed by atoms with Gasteiger partial charge < -0.3 is 24.8 Å². The van der Waals surface area contributed by atoms with Crippen LogP contribution in [0.5, 0.6) is 5.75 Å². The van der Waals surface area contributed by atoms with Crippen molar-refractivity contribution in [2.24, 2.45) is 5.92 Å². The third kappa shape index (κ3) is 8.38. The van der Waals surface area contributed by atoms with Crippen LogP contribution in [0.3, 0.4) is 0 Å². The number of likely N-dealkylation sites (N-methyl/N-ethyl adjacent to an activating group) is 1. The summed E-state index contributed by atoms with van der Waals surface area (Å²) in [5.74, 6) is -0.664. The second-order valence-corrected chi connectivity index (χ2v) is 11.8. The van der Waals surface area contributed by atoms with Gasteiger partial charge in [0.25, 0.3) is 15.9 Å². The van der Waals surface area contributed by atoms with E-state index in [-0.39, 0.29) is 40.9 Å². The topological polar surface area (TPSA) is 117 Å². The van der Waals surface area contributed by atoms with Crippen LogP contribution < -0.4 is 14.8 Å². The molecule has 0 saturated carbocycles. The first-order valence-electron chi connectivity index (χ1n) is 13.3. The second kappa shape index (κ2) is 14.1. The molecule has 216 valence electrons. The first-order valence-corrected chi connectivity index (χ1v) is 14.8. The lowest BCUT2D eigenvalue weighted by molar-refractivity contribution is -0.000450. The normalized spacial score (nSPS) is 22.4. The first kappa shape index (κ1) is 30.8. The van der Waals surface area contributed by atoms with E-state index in [9.17, 15) is 22.7 Å². The highest BCUT2D eigenvalue weighted by atomic mass is 32.2. The largest absolute Gasteiger partial charge is 0.490 e. The summed E-state index contributed by atoms with van der Waals surface area (Å²) in [6.07, 6.45) is 2.17. The van der Waals surface area contributed by atoms with Gasteiger partial charge in [0.05, 0.1) is 35.3 Å². The number of hydrogen-bond donors (Lipinski definition) is 3. The van der Waals surface area contributed by atoms with Crippen molar-refractivity contribution in [3.05, 3.63) is 53.8 Å². The Hall–Kier alpha value is -2.73. The molecule has 39 heavy (non-hydrogen) atoms. The SMILES string of the molecule is CNC[C@H]1OCCCC[C@@H](C)Oc2ccc(NS(=O)(=O)c3ccc(F)cc3)cc2C(=O)N([C@@H](C)CO)C[C@@H]1C. The number of aliphatic hydroxyl groups is 1. The third-order valence-corrected chi connectivity index (χ3v) is 8.23. The van der Waals surface area contributed by atoms with Crippen molar-refractivity contribution in [3.8, 4) is 5.75 Å². The molecule has 0 fully saturated rings. The van der Waals surface area contributed by atoms with Crippen LogP contribution >= 0.6 is 0 Å². The van der Waals surface area contributed by atoms with Crippen LogP contribution in [0.1, 0.15) is 50.4 Å². The standard InChI is InChI=1S/C28H40FN3O6S/c1-19-17-32(20(2)18-33)28(34)25-15-23(31-39(35,36)24-11-8-22(29)9-12-24)10-13-26(25)38-21(3)7-5-6-14-37-27(19)16-30-4/h8-13,15,19-21,27,30-31,33H,5-7,14,16-18H2,1-4H3/t19-,20-,21+,27+/m0/s1. The molecule has 0 aliphatic carbocycles. The van der Waals surface area contributed by atoms with Gasteiger partial charge in [-0.2, -0.15) is 0 Å². The van der Waals surface area contributed by atoms with Gasteiger partial charge in [-0.25, -0.2) is 12.8 Å². The summed E-state index contributed by atoms with van der Waals surface area (Å²) in [6, 6.07) is 8.52.